The van der Waals surface area contributed by atoms with Crippen molar-refractivity contribution in [2.75, 3.05) is 30.3 Å². The minimum atomic E-state index is -3.69. The van der Waals surface area contributed by atoms with Gasteiger partial charge in [-0.3, -0.25) is 9.10 Å². The second-order valence-corrected chi connectivity index (χ2v) is 9.10. The van der Waals surface area contributed by atoms with Crippen LogP contribution in [0.25, 0.3) is 0 Å². The quantitative estimate of drug-likeness (QED) is 0.619. The van der Waals surface area contributed by atoms with Gasteiger partial charge in [0.15, 0.2) is 0 Å². The summed E-state index contributed by atoms with van der Waals surface area (Å²) in [5, 5.41) is 3.26. The number of rotatable bonds is 9. The lowest BCUT2D eigenvalue weighted by Crippen LogP contribution is -2.41. The molecule has 1 aliphatic rings. The number of hydrogen-bond acceptors (Lipinski definition) is 4. The molecule has 2 rings (SSSR count). The van der Waals surface area contributed by atoms with Crippen molar-refractivity contribution in [3.8, 4) is 0 Å². The Morgan fingerprint density at radius 2 is 2.00 bits per heavy atom. The average Bonchev–Trinajstić information content (AvgIpc) is 3.07. The highest BCUT2D eigenvalue weighted by Gasteiger charge is 2.23. The summed E-state index contributed by atoms with van der Waals surface area (Å²) in [5.41, 5.74) is 0.182. The van der Waals surface area contributed by atoms with Crippen LogP contribution >= 0.6 is 23.2 Å². The molecule has 0 atom stereocenters. The van der Waals surface area contributed by atoms with Crippen LogP contribution in [0.4, 0.5) is 5.69 Å². The number of benzene rings is 1. The largest absolute Gasteiger partial charge is 0.378 e. The molecule has 1 N–H and O–H groups in total. The molecule has 6 nitrogen and oxygen atoms in total. The second-order valence-electron chi connectivity index (χ2n) is 6.35. The molecule has 26 heavy (non-hydrogen) atoms. The fourth-order valence-electron chi connectivity index (χ4n) is 2.85. The van der Waals surface area contributed by atoms with Crippen LogP contribution in [0.3, 0.4) is 0 Å². The number of nitrogens with zero attached hydrogens (tertiary/aromatic N) is 1. The molecule has 0 spiro atoms. The zero-order valence-electron chi connectivity index (χ0n) is 14.7. The summed E-state index contributed by atoms with van der Waals surface area (Å²) in [4.78, 5) is 12.2. The van der Waals surface area contributed by atoms with Crippen LogP contribution in [0.2, 0.25) is 10.0 Å². The third kappa shape index (κ3) is 6.61. The molecule has 1 saturated carbocycles. The normalized spacial score (nSPS) is 15.2. The Morgan fingerprint density at radius 1 is 1.31 bits per heavy atom. The first-order chi connectivity index (χ1) is 12.3. The smallest absolute Gasteiger partial charge is 0.240 e. The molecule has 0 heterocycles. The maximum Gasteiger partial charge on any atom is 0.240 e. The number of carbonyl (C=O) groups is 1. The van der Waals surface area contributed by atoms with Crippen molar-refractivity contribution in [3.63, 3.8) is 0 Å². The molecule has 1 aromatic rings. The summed E-state index contributed by atoms with van der Waals surface area (Å²) in [6, 6.07) is 4.47. The van der Waals surface area contributed by atoms with E-state index in [0.717, 1.165) is 23.4 Å². The molecule has 1 fully saturated rings. The molecule has 1 amide bonds. The number of sulfonamides is 1. The molecule has 146 valence electrons. The van der Waals surface area contributed by atoms with Crippen LogP contribution in [0.1, 0.15) is 32.1 Å². The van der Waals surface area contributed by atoms with E-state index in [2.05, 4.69) is 5.32 Å². The Balaban J connectivity index is 1.85. The molecule has 0 aliphatic heterocycles. The molecule has 0 unspecified atom stereocenters. The molecule has 9 heteroatoms. The number of anilines is 1. The summed E-state index contributed by atoms with van der Waals surface area (Å²) in [6.07, 6.45) is 6.69. The molecule has 0 aromatic heterocycles. The third-order valence-electron chi connectivity index (χ3n) is 4.16. The molecule has 1 aliphatic carbocycles. The van der Waals surface area contributed by atoms with Crippen molar-refractivity contribution in [1.29, 1.82) is 0 Å². The Labute approximate surface area is 164 Å². The Bertz CT molecular complexity index is 721. The predicted molar refractivity (Wildman–Crippen MR) is 104 cm³/mol. The topological polar surface area (TPSA) is 75.7 Å². The zero-order chi connectivity index (χ0) is 19.2. The number of nitrogens with one attached hydrogen (secondary N) is 1. The van der Waals surface area contributed by atoms with Gasteiger partial charge in [-0.05, 0) is 37.5 Å². The number of carbonyl (C=O) groups excluding carboxylic acids is 1. The highest BCUT2D eigenvalue weighted by Crippen LogP contribution is 2.30. The monoisotopic (exact) mass is 422 g/mol. The van der Waals surface area contributed by atoms with Crippen molar-refractivity contribution in [3.05, 3.63) is 28.2 Å². The predicted octanol–water partition coefficient (Wildman–Crippen LogP) is 3.22. The van der Waals surface area contributed by atoms with Gasteiger partial charge < -0.3 is 10.1 Å². The molecule has 1 aromatic carbocycles. The third-order valence-corrected chi connectivity index (χ3v) is 5.84. The Morgan fingerprint density at radius 3 is 2.65 bits per heavy atom. The van der Waals surface area contributed by atoms with Gasteiger partial charge in [0.05, 0.1) is 23.1 Å². The molecular weight excluding hydrogens is 399 g/mol. The van der Waals surface area contributed by atoms with Gasteiger partial charge >= 0.3 is 0 Å². The molecule has 0 saturated heterocycles. The van der Waals surface area contributed by atoms with E-state index in [1.165, 1.54) is 25.0 Å². The molecular formula is C17H24Cl2N2O4S. The van der Waals surface area contributed by atoms with Crippen LogP contribution < -0.4 is 9.62 Å². The standard InChI is InChI=1S/C17H24Cl2N2O4S/c1-26(23,24)21(16-11-13(18)7-8-15(16)19)12-17(22)20-9-4-10-25-14-5-2-3-6-14/h7-8,11,14H,2-6,9-10,12H2,1H3,(H,20,22). The van der Waals surface area contributed by atoms with E-state index >= 15 is 0 Å². The van der Waals surface area contributed by atoms with Crippen molar-refractivity contribution < 1.29 is 17.9 Å². The maximum atomic E-state index is 12.2. The van der Waals surface area contributed by atoms with Crippen molar-refractivity contribution in [2.45, 2.75) is 38.2 Å². The van der Waals surface area contributed by atoms with Crippen LogP contribution in [-0.4, -0.2) is 46.4 Å². The average molecular weight is 423 g/mol. The van der Waals surface area contributed by atoms with Crippen LogP contribution in [0.15, 0.2) is 18.2 Å². The maximum absolute atomic E-state index is 12.2. The van der Waals surface area contributed by atoms with Gasteiger partial charge in [-0.2, -0.15) is 0 Å². The van der Waals surface area contributed by atoms with E-state index in [9.17, 15) is 13.2 Å². The van der Waals surface area contributed by atoms with Gasteiger partial charge in [-0.1, -0.05) is 36.0 Å². The van der Waals surface area contributed by atoms with Gasteiger partial charge in [0.25, 0.3) is 0 Å². The van der Waals surface area contributed by atoms with Crippen molar-refractivity contribution in [2.24, 2.45) is 0 Å². The highest BCUT2D eigenvalue weighted by molar-refractivity contribution is 7.92. The number of hydrogen-bond donors (Lipinski definition) is 1. The van der Waals surface area contributed by atoms with Gasteiger partial charge in [-0.25, -0.2) is 8.42 Å². The minimum absolute atomic E-state index is 0.182. The SMILES string of the molecule is CS(=O)(=O)N(CC(=O)NCCCOC1CCCC1)c1cc(Cl)ccc1Cl. The highest BCUT2D eigenvalue weighted by atomic mass is 35.5. The lowest BCUT2D eigenvalue weighted by Gasteiger charge is -2.23. The first kappa shape index (κ1) is 21.3. The van der Waals surface area contributed by atoms with Gasteiger partial charge in [0, 0.05) is 18.2 Å². The summed E-state index contributed by atoms with van der Waals surface area (Å²) < 4.78 is 30.8. The molecule has 0 bridgehead atoms. The van der Waals surface area contributed by atoms with E-state index in [-0.39, 0.29) is 17.3 Å². The Hall–Kier alpha value is -1.02. The van der Waals surface area contributed by atoms with E-state index in [0.29, 0.717) is 30.7 Å². The number of amides is 1. The number of ether oxygens (including phenoxy) is 1. The van der Waals surface area contributed by atoms with E-state index < -0.39 is 15.9 Å². The van der Waals surface area contributed by atoms with E-state index in [1.807, 2.05) is 0 Å². The fourth-order valence-corrected chi connectivity index (χ4v) is 4.15. The number of halogens is 2. The lowest BCUT2D eigenvalue weighted by atomic mass is 10.3. The van der Waals surface area contributed by atoms with Crippen LogP contribution in [-0.2, 0) is 19.6 Å². The summed E-state index contributed by atoms with van der Waals surface area (Å²) >= 11 is 12.0. The van der Waals surface area contributed by atoms with Crippen LogP contribution in [0.5, 0.6) is 0 Å². The van der Waals surface area contributed by atoms with Gasteiger partial charge in [-0.15, -0.1) is 0 Å². The van der Waals surface area contributed by atoms with Crippen molar-refractivity contribution in [1.82, 2.24) is 5.32 Å². The van der Waals surface area contributed by atoms with Crippen molar-refractivity contribution >= 4 is 44.8 Å². The first-order valence-corrected chi connectivity index (χ1v) is 11.2. The summed E-state index contributed by atoms with van der Waals surface area (Å²) in [6.45, 7) is 0.648. The van der Waals surface area contributed by atoms with E-state index in [4.69, 9.17) is 27.9 Å². The second kappa shape index (κ2) is 9.78. The first-order valence-electron chi connectivity index (χ1n) is 8.58. The van der Waals surface area contributed by atoms with Gasteiger partial charge in [0.2, 0.25) is 15.9 Å². The van der Waals surface area contributed by atoms with E-state index in [1.54, 1.807) is 6.07 Å². The minimum Gasteiger partial charge on any atom is -0.378 e. The Kier molecular flexibility index (Phi) is 8.01. The fraction of sp³-hybridized carbons (Fsp3) is 0.588. The van der Waals surface area contributed by atoms with Crippen LogP contribution in [0, 0.1) is 0 Å². The summed E-state index contributed by atoms with van der Waals surface area (Å²) in [7, 11) is -3.69. The lowest BCUT2D eigenvalue weighted by molar-refractivity contribution is -0.119. The molecule has 0 radical (unpaired) electrons. The zero-order valence-corrected chi connectivity index (χ0v) is 17.0. The van der Waals surface area contributed by atoms with Gasteiger partial charge in [0.1, 0.15) is 6.54 Å². The summed E-state index contributed by atoms with van der Waals surface area (Å²) in [5.74, 6) is -0.410.